The number of benzene rings is 1. The summed E-state index contributed by atoms with van der Waals surface area (Å²) in [6, 6.07) is 5.81. The Morgan fingerprint density at radius 1 is 0.947 bits per heavy atom. The van der Waals surface area contributed by atoms with Crippen LogP contribution in [0.25, 0.3) is 0 Å². The van der Waals surface area contributed by atoms with Crippen LogP contribution in [0.1, 0.15) is 84.1 Å². The maximum atomic E-state index is 13.2. The summed E-state index contributed by atoms with van der Waals surface area (Å²) in [6.07, 6.45) is 9.66. The summed E-state index contributed by atoms with van der Waals surface area (Å²) in [5, 5.41) is 24.9. The van der Waals surface area contributed by atoms with Gasteiger partial charge >= 0.3 is 12.0 Å². The van der Waals surface area contributed by atoms with E-state index in [1.807, 2.05) is 6.07 Å². The van der Waals surface area contributed by atoms with Gasteiger partial charge < -0.3 is 20.8 Å². The van der Waals surface area contributed by atoms with Gasteiger partial charge in [0.05, 0.1) is 6.54 Å². The Bertz CT molecular complexity index is 976. The van der Waals surface area contributed by atoms with Crippen molar-refractivity contribution in [2.75, 3.05) is 6.54 Å². The average Bonchev–Trinajstić information content (AvgIpc) is 3.17. The first-order valence-electron chi connectivity index (χ1n) is 13.8. The number of amides is 4. The molecule has 210 valence electrons. The van der Waals surface area contributed by atoms with Crippen LogP contribution in [-0.2, 0) is 20.8 Å². The van der Waals surface area contributed by atoms with Crippen LogP contribution in [0.2, 0.25) is 0 Å². The molecule has 1 aliphatic rings. The molecule has 0 aromatic heterocycles. The van der Waals surface area contributed by atoms with Crippen molar-refractivity contribution in [2.45, 2.75) is 97.1 Å². The van der Waals surface area contributed by atoms with E-state index in [9.17, 15) is 29.4 Å². The van der Waals surface area contributed by atoms with Crippen molar-refractivity contribution in [3.8, 4) is 0 Å². The molecular weight excluding hydrogens is 486 g/mol. The number of imide groups is 1. The number of hydrogen-bond acceptors (Lipinski definition) is 5. The van der Waals surface area contributed by atoms with E-state index in [2.05, 4.69) is 17.6 Å². The van der Waals surface area contributed by atoms with Crippen LogP contribution in [-0.4, -0.2) is 57.6 Å². The topological polar surface area (TPSA) is 136 Å². The highest BCUT2D eigenvalue weighted by Gasteiger charge is 2.39. The summed E-state index contributed by atoms with van der Waals surface area (Å²) in [4.78, 5) is 51.3. The number of unbranched alkanes of at least 4 members (excludes halogenated alkanes) is 7. The third-order valence-electron chi connectivity index (χ3n) is 6.84. The molecule has 0 radical (unpaired) electrons. The van der Waals surface area contributed by atoms with Crippen molar-refractivity contribution in [3.05, 3.63) is 47.2 Å². The van der Waals surface area contributed by atoms with Crippen LogP contribution in [0, 0.1) is 5.92 Å². The zero-order valence-corrected chi connectivity index (χ0v) is 22.9. The van der Waals surface area contributed by atoms with Crippen molar-refractivity contribution in [1.82, 2.24) is 15.5 Å². The first-order valence-corrected chi connectivity index (χ1v) is 13.8. The van der Waals surface area contributed by atoms with E-state index < -0.39 is 35.9 Å². The highest BCUT2D eigenvalue weighted by molar-refractivity contribution is 6.07. The first-order chi connectivity index (χ1) is 18.1. The number of nitrogens with zero attached hydrogens (tertiary/aromatic N) is 1. The second-order valence-electron chi connectivity index (χ2n) is 10.3. The normalized spacial score (nSPS) is 15.1. The van der Waals surface area contributed by atoms with Gasteiger partial charge in [-0.15, -0.1) is 0 Å². The summed E-state index contributed by atoms with van der Waals surface area (Å²) in [7, 11) is 0. The maximum absolute atomic E-state index is 13.2. The number of aliphatic hydroxyl groups is 1. The van der Waals surface area contributed by atoms with Crippen LogP contribution < -0.4 is 10.6 Å². The van der Waals surface area contributed by atoms with Crippen molar-refractivity contribution in [3.63, 3.8) is 0 Å². The summed E-state index contributed by atoms with van der Waals surface area (Å²) >= 11 is 0. The summed E-state index contributed by atoms with van der Waals surface area (Å²) in [5.41, 5.74) is 1.28. The van der Waals surface area contributed by atoms with Crippen molar-refractivity contribution in [1.29, 1.82) is 0 Å². The van der Waals surface area contributed by atoms with Gasteiger partial charge in [-0.25, -0.2) is 9.59 Å². The second-order valence-corrected chi connectivity index (χ2v) is 10.3. The number of carboxylic acids is 1. The molecule has 2 unspecified atom stereocenters. The quantitative estimate of drug-likeness (QED) is 0.229. The molecule has 0 spiro atoms. The van der Waals surface area contributed by atoms with E-state index in [0.717, 1.165) is 29.7 Å². The van der Waals surface area contributed by atoms with Gasteiger partial charge in [0, 0.05) is 6.42 Å². The molecule has 0 saturated carbocycles. The number of urea groups is 1. The third kappa shape index (κ3) is 9.50. The van der Waals surface area contributed by atoms with E-state index in [1.54, 1.807) is 38.1 Å². The van der Waals surface area contributed by atoms with E-state index >= 15 is 0 Å². The number of hydrogen-bond donors (Lipinski definition) is 4. The lowest BCUT2D eigenvalue weighted by Crippen LogP contribution is -2.56. The minimum atomic E-state index is -1.20. The largest absolute Gasteiger partial charge is 0.503 e. The van der Waals surface area contributed by atoms with Crippen LogP contribution >= 0.6 is 0 Å². The molecule has 2 atom stereocenters. The van der Waals surface area contributed by atoms with Crippen LogP contribution in [0.15, 0.2) is 41.7 Å². The first kappa shape index (κ1) is 30.9. The van der Waals surface area contributed by atoms with Crippen molar-refractivity contribution >= 4 is 23.8 Å². The molecule has 1 heterocycles. The predicted molar refractivity (Wildman–Crippen MR) is 145 cm³/mol. The molecule has 0 fully saturated rings. The minimum absolute atomic E-state index is 0.00171. The highest BCUT2D eigenvalue weighted by Crippen LogP contribution is 2.24. The van der Waals surface area contributed by atoms with Crippen molar-refractivity contribution < 1.29 is 29.4 Å². The third-order valence-corrected chi connectivity index (χ3v) is 6.84. The Morgan fingerprint density at radius 3 is 2.13 bits per heavy atom. The Balaban J connectivity index is 1.91. The van der Waals surface area contributed by atoms with Crippen LogP contribution in [0.4, 0.5) is 4.79 Å². The number of carbonyl (C=O) groups excluding carboxylic acids is 3. The molecule has 0 bridgehead atoms. The zero-order valence-electron chi connectivity index (χ0n) is 22.9. The Kier molecular flexibility index (Phi) is 12.8. The molecule has 9 heteroatoms. The Hall–Kier alpha value is -3.36. The molecule has 0 saturated heterocycles. The van der Waals surface area contributed by atoms with Gasteiger partial charge in [-0.2, -0.15) is 0 Å². The molecule has 4 amide bonds. The second kappa shape index (κ2) is 15.8. The highest BCUT2D eigenvalue weighted by atomic mass is 16.4. The number of carboxylic acid groups (broad SMARTS) is 1. The number of aliphatic carboxylic acids is 1. The van der Waals surface area contributed by atoms with Crippen LogP contribution in [0.3, 0.4) is 0 Å². The Morgan fingerprint density at radius 2 is 1.55 bits per heavy atom. The van der Waals surface area contributed by atoms with Gasteiger partial charge in [-0.1, -0.05) is 96.0 Å². The lowest BCUT2D eigenvalue weighted by atomic mass is 10.0. The lowest BCUT2D eigenvalue weighted by molar-refractivity contribution is -0.144. The molecule has 4 N–H and O–H groups in total. The Labute approximate surface area is 225 Å². The number of nitrogens with one attached hydrogen (secondary N) is 2. The molecule has 2 rings (SSSR count). The van der Waals surface area contributed by atoms with E-state index in [1.165, 1.54) is 32.1 Å². The fraction of sp³-hybridized carbons (Fsp3) is 0.586. The van der Waals surface area contributed by atoms with Gasteiger partial charge in [0.25, 0.3) is 11.8 Å². The van der Waals surface area contributed by atoms with E-state index in [-0.39, 0.29) is 24.6 Å². The van der Waals surface area contributed by atoms with Gasteiger partial charge in [-0.05, 0) is 29.9 Å². The molecule has 1 aromatic rings. The maximum Gasteiger partial charge on any atom is 0.326 e. The van der Waals surface area contributed by atoms with Gasteiger partial charge in [0.15, 0.2) is 5.76 Å². The van der Waals surface area contributed by atoms with Gasteiger partial charge in [-0.3, -0.25) is 14.5 Å². The molecular formula is C29H43N3O6. The lowest BCUT2D eigenvalue weighted by Gasteiger charge is -2.26. The number of aliphatic hydroxyl groups excluding tert-OH is 1. The van der Waals surface area contributed by atoms with Crippen LogP contribution in [0.5, 0.6) is 0 Å². The van der Waals surface area contributed by atoms with E-state index in [0.29, 0.717) is 12.0 Å². The molecule has 1 aliphatic heterocycles. The van der Waals surface area contributed by atoms with Gasteiger partial charge in [0.1, 0.15) is 12.1 Å². The summed E-state index contributed by atoms with van der Waals surface area (Å²) < 4.78 is 0. The molecule has 38 heavy (non-hydrogen) atoms. The van der Waals surface area contributed by atoms with Crippen molar-refractivity contribution in [2.24, 2.45) is 5.92 Å². The fourth-order valence-corrected chi connectivity index (χ4v) is 4.54. The monoisotopic (exact) mass is 529 g/mol. The predicted octanol–water partition coefficient (Wildman–Crippen LogP) is 4.72. The van der Waals surface area contributed by atoms with Gasteiger partial charge in [0.2, 0.25) is 0 Å². The molecule has 1 aromatic carbocycles. The number of rotatable bonds is 16. The standard InChI is InChI=1S/C29H43N3O6/c1-4-5-6-7-8-9-10-14-17-22-19-32(27(35)25(22)33)26(34)24(20(2)3)31-29(38)30-23(28(36)37)18-21-15-12-11-13-16-21/h11-13,15-16,20,23-24,33H,4-10,14,17-19H2,1-3H3,(H,36,37)(H2,30,31,38). The molecule has 9 nitrogen and oxygen atoms in total. The fourth-order valence-electron chi connectivity index (χ4n) is 4.54. The minimum Gasteiger partial charge on any atom is -0.503 e. The SMILES string of the molecule is CCCCCCCCCCC1=C(O)C(=O)N(C(=O)C(NC(=O)NC(Cc2ccccc2)C(=O)O)C(C)C)C1. The van der Waals surface area contributed by atoms with E-state index in [4.69, 9.17) is 0 Å². The number of carbonyl (C=O) groups is 4. The summed E-state index contributed by atoms with van der Waals surface area (Å²) in [6.45, 7) is 5.62. The summed E-state index contributed by atoms with van der Waals surface area (Å²) in [5.74, 6) is -3.36. The smallest absolute Gasteiger partial charge is 0.326 e. The average molecular weight is 530 g/mol. The zero-order chi connectivity index (χ0) is 28.1. The molecule has 0 aliphatic carbocycles.